The van der Waals surface area contributed by atoms with Crippen LogP contribution >= 0.6 is 0 Å². The fourth-order valence-corrected chi connectivity index (χ4v) is 0.385. The third-order valence-electron chi connectivity index (χ3n) is 0.577. The van der Waals surface area contributed by atoms with E-state index in [-0.39, 0.29) is 0 Å². The number of allylic oxidation sites excluding steroid dienone is 2. The predicted octanol–water partition coefficient (Wildman–Crippen LogP) is 5.30. The molecule has 78 valence electrons. The molecule has 0 saturated heterocycles. The van der Waals surface area contributed by atoms with Gasteiger partial charge < -0.3 is 0 Å². The lowest BCUT2D eigenvalue weighted by Crippen LogP contribution is -1.73. The summed E-state index contributed by atoms with van der Waals surface area (Å²) in [7, 11) is 0. The lowest BCUT2D eigenvalue weighted by molar-refractivity contribution is 0.830. The van der Waals surface area contributed by atoms with Crippen LogP contribution in [0.15, 0.2) is 12.2 Å². The lowest BCUT2D eigenvalue weighted by atomic mass is 10.2. The van der Waals surface area contributed by atoms with E-state index < -0.39 is 0 Å². The smallest absolute Gasteiger partial charge is 0.0291 e. The van der Waals surface area contributed by atoms with E-state index in [4.69, 9.17) is 0 Å². The highest BCUT2D eigenvalue weighted by Gasteiger charge is 1.76. The first-order chi connectivity index (χ1) is 5.77. The summed E-state index contributed by atoms with van der Waals surface area (Å²) in [6.07, 6.45) is 4.24. The summed E-state index contributed by atoms with van der Waals surface area (Å²) in [5, 5.41) is 0. The maximum Gasteiger partial charge on any atom is -0.0291 e. The van der Waals surface area contributed by atoms with Crippen molar-refractivity contribution in [3.8, 4) is 0 Å². The molecular weight excluding hydrogens is 144 g/mol. The molecule has 0 aliphatic heterocycles. The van der Waals surface area contributed by atoms with Crippen molar-refractivity contribution >= 4 is 0 Å². The van der Waals surface area contributed by atoms with Crippen LogP contribution in [0.25, 0.3) is 0 Å². The Morgan fingerprint density at radius 3 is 1.00 bits per heavy atom. The predicted molar refractivity (Wildman–Crippen MR) is 63.7 cm³/mol. The van der Waals surface area contributed by atoms with Gasteiger partial charge in [0.15, 0.2) is 0 Å². The fraction of sp³-hybridized carbons (Fsp3) is 0.833. The molecule has 0 heterocycles. The van der Waals surface area contributed by atoms with E-state index >= 15 is 0 Å². The first-order valence-electron chi connectivity index (χ1n) is 5.40. The van der Waals surface area contributed by atoms with Gasteiger partial charge in [-0.1, -0.05) is 67.5 Å². The third-order valence-corrected chi connectivity index (χ3v) is 0.577. The maximum atomic E-state index is 2.17. The Labute approximate surface area is 81.1 Å². The van der Waals surface area contributed by atoms with Gasteiger partial charge in [-0.25, -0.2) is 0 Å². The van der Waals surface area contributed by atoms with Crippen LogP contribution in [-0.2, 0) is 0 Å². The Balaban J connectivity index is -0.0000000453. The molecule has 0 saturated carbocycles. The molecular formula is C12H30. The summed E-state index contributed by atoms with van der Waals surface area (Å²) in [5.74, 6) is 0.718. The normalized spacial score (nSPS) is 7.17. The van der Waals surface area contributed by atoms with Gasteiger partial charge in [-0.2, -0.15) is 0 Å². The highest BCUT2D eigenvalue weighted by Crippen LogP contribution is 1.90. The Hall–Kier alpha value is -0.260. The minimum absolute atomic E-state index is 0.718. The summed E-state index contributed by atoms with van der Waals surface area (Å²) < 4.78 is 0. The van der Waals surface area contributed by atoms with Crippen molar-refractivity contribution in [1.29, 1.82) is 0 Å². The highest BCUT2D eigenvalue weighted by atomic mass is 13.8. The second-order valence-electron chi connectivity index (χ2n) is 1.77. The molecule has 0 rings (SSSR count). The summed E-state index contributed by atoms with van der Waals surface area (Å²) in [4.78, 5) is 0. The third kappa shape index (κ3) is 99.1. The van der Waals surface area contributed by atoms with Crippen LogP contribution in [0.5, 0.6) is 0 Å². The van der Waals surface area contributed by atoms with Crippen molar-refractivity contribution in [3.05, 3.63) is 12.2 Å². The van der Waals surface area contributed by atoms with Crippen LogP contribution in [-0.4, -0.2) is 0 Å². The van der Waals surface area contributed by atoms with Gasteiger partial charge in [0.25, 0.3) is 0 Å². The molecule has 0 aliphatic carbocycles. The molecule has 0 spiro atoms. The maximum absolute atomic E-state index is 2.17. The summed E-state index contributed by atoms with van der Waals surface area (Å²) >= 11 is 0. The molecule has 0 aliphatic rings. The monoisotopic (exact) mass is 174 g/mol. The van der Waals surface area contributed by atoms with E-state index in [0.29, 0.717) is 0 Å². The molecule has 0 aromatic carbocycles. The van der Waals surface area contributed by atoms with Gasteiger partial charge >= 0.3 is 0 Å². The van der Waals surface area contributed by atoms with Crippen LogP contribution in [0, 0.1) is 5.92 Å². The van der Waals surface area contributed by atoms with E-state index in [2.05, 4.69) is 26.0 Å². The Morgan fingerprint density at radius 2 is 1.00 bits per heavy atom. The second kappa shape index (κ2) is 45.3. The van der Waals surface area contributed by atoms with Gasteiger partial charge in [0.05, 0.1) is 0 Å². The molecule has 0 radical (unpaired) electrons. The van der Waals surface area contributed by atoms with Crippen LogP contribution in [0.2, 0.25) is 0 Å². The van der Waals surface area contributed by atoms with Gasteiger partial charge in [-0.3, -0.25) is 0 Å². The van der Waals surface area contributed by atoms with Crippen LogP contribution < -0.4 is 0 Å². The molecule has 0 N–H and O–H groups in total. The average molecular weight is 174 g/mol. The highest BCUT2D eigenvalue weighted by molar-refractivity contribution is 4.79. The van der Waals surface area contributed by atoms with Crippen LogP contribution in [0.1, 0.15) is 62.3 Å². The Morgan fingerprint density at radius 1 is 0.750 bits per heavy atom. The minimum Gasteiger partial charge on any atom is -0.0914 e. The van der Waals surface area contributed by atoms with E-state index in [1.807, 2.05) is 48.5 Å². The molecule has 0 atom stereocenters. The number of hydrogen-bond donors (Lipinski definition) is 0. The molecule has 0 aromatic heterocycles. The zero-order valence-electron chi connectivity index (χ0n) is 10.7. The summed E-state index contributed by atoms with van der Waals surface area (Å²) in [6, 6.07) is 0. The van der Waals surface area contributed by atoms with Crippen LogP contribution in [0.4, 0.5) is 0 Å². The largest absolute Gasteiger partial charge is 0.0914 e. The van der Waals surface area contributed by atoms with Crippen molar-refractivity contribution in [2.75, 3.05) is 0 Å². The molecule has 0 aromatic rings. The Kier molecular flexibility index (Phi) is 85.4. The number of hydrogen-bond acceptors (Lipinski definition) is 0. The zero-order chi connectivity index (χ0) is 11.0. The quantitative estimate of drug-likeness (QED) is 0.473. The Bertz CT molecular complexity index is 42.0. The molecule has 0 unspecified atom stereocenters. The topological polar surface area (TPSA) is 0 Å². The molecule has 12 heavy (non-hydrogen) atoms. The minimum atomic E-state index is 0.718. The lowest BCUT2D eigenvalue weighted by Gasteiger charge is -1.86. The molecule has 0 amide bonds. The van der Waals surface area contributed by atoms with Crippen molar-refractivity contribution in [3.63, 3.8) is 0 Å². The average Bonchev–Trinajstić information content (AvgIpc) is 2.14. The summed E-state index contributed by atoms with van der Waals surface area (Å²) in [6.45, 7) is 18.4. The molecule has 0 nitrogen and oxygen atoms in total. The summed E-state index contributed by atoms with van der Waals surface area (Å²) in [5.41, 5.74) is 0. The van der Waals surface area contributed by atoms with E-state index in [9.17, 15) is 0 Å². The SMILES string of the molecule is C/C=C\C(C)C.CC.CC.CC. The first kappa shape index (κ1) is 22.6. The van der Waals surface area contributed by atoms with Crippen molar-refractivity contribution in [2.24, 2.45) is 5.92 Å². The van der Waals surface area contributed by atoms with E-state index in [1.54, 1.807) is 0 Å². The molecule has 0 fully saturated rings. The number of rotatable bonds is 1. The molecule has 0 bridgehead atoms. The molecule has 0 heteroatoms. The van der Waals surface area contributed by atoms with Crippen molar-refractivity contribution in [1.82, 2.24) is 0 Å². The van der Waals surface area contributed by atoms with Gasteiger partial charge in [0.2, 0.25) is 0 Å². The van der Waals surface area contributed by atoms with Gasteiger partial charge in [-0.05, 0) is 12.8 Å². The zero-order valence-corrected chi connectivity index (χ0v) is 10.7. The van der Waals surface area contributed by atoms with Gasteiger partial charge in [0.1, 0.15) is 0 Å². The van der Waals surface area contributed by atoms with Gasteiger partial charge in [0, 0.05) is 0 Å². The van der Waals surface area contributed by atoms with E-state index in [0.717, 1.165) is 5.92 Å². The standard InChI is InChI=1S/C6H12.3C2H6/c1-4-5-6(2)3;3*1-2/h4-6H,1-3H3;3*1-2H3/b5-4-;;;. The second-order valence-corrected chi connectivity index (χ2v) is 1.77. The fourth-order valence-electron chi connectivity index (χ4n) is 0.385. The van der Waals surface area contributed by atoms with E-state index in [1.165, 1.54) is 0 Å². The van der Waals surface area contributed by atoms with Crippen LogP contribution in [0.3, 0.4) is 0 Å². The van der Waals surface area contributed by atoms with Crippen molar-refractivity contribution in [2.45, 2.75) is 62.3 Å². The first-order valence-corrected chi connectivity index (χ1v) is 5.40. The van der Waals surface area contributed by atoms with Crippen molar-refractivity contribution < 1.29 is 0 Å². The van der Waals surface area contributed by atoms with Gasteiger partial charge in [-0.15, -0.1) is 0 Å².